The van der Waals surface area contributed by atoms with Crippen molar-refractivity contribution in [2.75, 3.05) is 38.5 Å². The van der Waals surface area contributed by atoms with Gasteiger partial charge in [-0.2, -0.15) is 0 Å². The predicted octanol–water partition coefficient (Wildman–Crippen LogP) is 2.71. The standard InChI is InChI=1S/C20H20N6O3S/c1-5-8-21-20(30)26-16-7-6-13-19(24-16)25-17(11-22-13)23-12-9-14(27-2)18(29-4)15(10-12)28-3/h1,6-7,9-11H,8H2,2-4H3,(H3,21,23,24,25,26,30). The monoisotopic (exact) mass is 424 g/mol. The summed E-state index contributed by atoms with van der Waals surface area (Å²) in [4.78, 5) is 13.4. The van der Waals surface area contributed by atoms with E-state index in [1.54, 1.807) is 51.8 Å². The van der Waals surface area contributed by atoms with Crippen molar-refractivity contribution in [3.63, 3.8) is 0 Å². The van der Waals surface area contributed by atoms with Crippen LogP contribution in [-0.2, 0) is 0 Å². The molecule has 0 saturated heterocycles. The third-order valence-corrected chi connectivity index (χ3v) is 4.18. The summed E-state index contributed by atoms with van der Waals surface area (Å²) in [5.74, 6) is 5.01. The van der Waals surface area contributed by atoms with Gasteiger partial charge in [0.25, 0.3) is 0 Å². The Morgan fingerprint density at radius 3 is 2.40 bits per heavy atom. The van der Waals surface area contributed by atoms with E-state index in [-0.39, 0.29) is 0 Å². The number of benzene rings is 1. The number of anilines is 3. The van der Waals surface area contributed by atoms with Crippen molar-refractivity contribution in [1.82, 2.24) is 20.3 Å². The van der Waals surface area contributed by atoms with E-state index >= 15 is 0 Å². The summed E-state index contributed by atoms with van der Waals surface area (Å²) >= 11 is 5.16. The SMILES string of the molecule is C#CCNC(=S)Nc1ccc2ncc(Nc3cc(OC)c(OC)c(OC)c3)nc2n1. The molecule has 1 aromatic carbocycles. The van der Waals surface area contributed by atoms with Gasteiger partial charge in [-0.3, -0.25) is 0 Å². The maximum Gasteiger partial charge on any atom is 0.203 e. The molecular weight excluding hydrogens is 404 g/mol. The third kappa shape index (κ3) is 4.76. The Morgan fingerprint density at radius 1 is 1.07 bits per heavy atom. The van der Waals surface area contributed by atoms with Crippen LogP contribution in [0.15, 0.2) is 30.5 Å². The van der Waals surface area contributed by atoms with E-state index in [1.807, 2.05) is 0 Å². The number of thiocarbonyl (C=S) groups is 1. The van der Waals surface area contributed by atoms with Gasteiger partial charge in [-0.25, -0.2) is 15.0 Å². The van der Waals surface area contributed by atoms with Crippen molar-refractivity contribution in [2.45, 2.75) is 0 Å². The number of methoxy groups -OCH3 is 3. The number of nitrogens with one attached hydrogen (secondary N) is 3. The van der Waals surface area contributed by atoms with Gasteiger partial charge in [-0.1, -0.05) is 5.92 Å². The lowest BCUT2D eigenvalue weighted by atomic mass is 10.2. The van der Waals surface area contributed by atoms with Gasteiger partial charge < -0.3 is 30.2 Å². The number of pyridine rings is 1. The first-order valence-electron chi connectivity index (χ1n) is 8.77. The average Bonchev–Trinajstić information content (AvgIpc) is 2.76. The van der Waals surface area contributed by atoms with Gasteiger partial charge in [0, 0.05) is 17.8 Å². The molecule has 0 amide bonds. The molecule has 3 rings (SSSR count). The zero-order valence-corrected chi connectivity index (χ0v) is 17.5. The predicted molar refractivity (Wildman–Crippen MR) is 120 cm³/mol. The molecule has 0 aliphatic heterocycles. The van der Waals surface area contributed by atoms with Crippen LogP contribution in [0, 0.1) is 12.3 Å². The molecule has 30 heavy (non-hydrogen) atoms. The van der Waals surface area contributed by atoms with E-state index in [0.29, 0.717) is 57.4 Å². The molecule has 0 saturated carbocycles. The van der Waals surface area contributed by atoms with Crippen molar-refractivity contribution < 1.29 is 14.2 Å². The highest BCUT2D eigenvalue weighted by Gasteiger charge is 2.14. The van der Waals surface area contributed by atoms with Gasteiger partial charge in [0.15, 0.2) is 28.1 Å². The smallest absolute Gasteiger partial charge is 0.203 e. The van der Waals surface area contributed by atoms with Crippen molar-refractivity contribution in [3.8, 4) is 29.6 Å². The Kier molecular flexibility index (Phi) is 6.67. The second-order valence-electron chi connectivity index (χ2n) is 5.85. The highest BCUT2D eigenvalue weighted by Crippen LogP contribution is 2.40. The minimum absolute atomic E-state index is 0.322. The van der Waals surface area contributed by atoms with Crippen molar-refractivity contribution in [1.29, 1.82) is 0 Å². The second kappa shape index (κ2) is 9.58. The van der Waals surface area contributed by atoms with E-state index in [0.717, 1.165) is 0 Å². The molecule has 0 aliphatic rings. The first-order valence-corrected chi connectivity index (χ1v) is 9.18. The number of aromatic nitrogens is 3. The molecule has 9 nitrogen and oxygen atoms in total. The Balaban J connectivity index is 1.86. The normalized spacial score (nSPS) is 10.1. The number of hydrogen-bond acceptors (Lipinski definition) is 8. The largest absolute Gasteiger partial charge is 0.493 e. The van der Waals surface area contributed by atoms with Crippen LogP contribution in [0.3, 0.4) is 0 Å². The zero-order valence-electron chi connectivity index (χ0n) is 16.6. The maximum atomic E-state index is 5.38. The molecule has 0 aliphatic carbocycles. The Morgan fingerprint density at radius 2 is 1.77 bits per heavy atom. The first-order chi connectivity index (χ1) is 14.6. The van der Waals surface area contributed by atoms with Gasteiger partial charge in [-0.05, 0) is 24.4 Å². The number of terminal acetylenes is 1. The van der Waals surface area contributed by atoms with Gasteiger partial charge >= 0.3 is 0 Å². The quantitative estimate of drug-likeness (QED) is 0.387. The molecule has 0 bridgehead atoms. The van der Waals surface area contributed by atoms with Crippen molar-refractivity contribution in [3.05, 3.63) is 30.5 Å². The minimum Gasteiger partial charge on any atom is -0.493 e. The molecule has 0 radical (unpaired) electrons. The summed E-state index contributed by atoms with van der Waals surface area (Å²) < 4.78 is 16.1. The number of rotatable bonds is 7. The molecule has 2 aromatic heterocycles. The van der Waals surface area contributed by atoms with Crippen LogP contribution < -0.4 is 30.2 Å². The summed E-state index contributed by atoms with van der Waals surface area (Å²) in [6.07, 6.45) is 6.82. The van der Waals surface area contributed by atoms with E-state index in [1.165, 1.54) is 0 Å². The molecule has 3 N–H and O–H groups in total. The van der Waals surface area contributed by atoms with Crippen molar-refractivity contribution in [2.24, 2.45) is 0 Å². The highest BCUT2D eigenvalue weighted by atomic mass is 32.1. The van der Waals surface area contributed by atoms with Gasteiger partial charge in [0.1, 0.15) is 11.3 Å². The van der Waals surface area contributed by atoms with Crippen LogP contribution in [0.2, 0.25) is 0 Å². The topological polar surface area (TPSA) is 102 Å². The molecular formula is C20H20N6O3S. The second-order valence-corrected chi connectivity index (χ2v) is 6.25. The molecule has 10 heteroatoms. The van der Waals surface area contributed by atoms with E-state index in [4.69, 9.17) is 32.9 Å². The fourth-order valence-corrected chi connectivity index (χ4v) is 2.80. The Hall–Kier alpha value is -3.84. The van der Waals surface area contributed by atoms with Gasteiger partial charge in [0.05, 0.1) is 34.1 Å². The number of ether oxygens (including phenoxy) is 3. The average molecular weight is 424 g/mol. The van der Waals surface area contributed by atoms with Gasteiger partial charge in [-0.15, -0.1) is 6.42 Å². The summed E-state index contributed by atoms with van der Waals surface area (Å²) in [5.41, 5.74) is 1.77. The fourth-order valence-electron chi connectivity index (χ4n) is 2.62. The molecule has 0 spiro atoms. The van der Waals surface area contributed by atoms with Crippen molar-refractivity contribution >= 4 is 45.8 Å². The molecule has 0 unspecified atom stereocenters. The number of fused-ring (bicyclic) bond motifs is 1. The fraction of sp³-hybridized carbons (Fsp3) is 0.200. The summed E-state index contributed by atoms with van der Waals surface area (Å²) in [6.45, 7) is 0.322. The van der Waals surface area contributed by atoms with Crippen LogP contribution >= 0.6 is 12.2 Å². The van der Waals surface area contributed by atoms with E-state index in [9.17, 15) is 0 Å². The van der Waals surface area contributed by atoms with Crippen LogP contribution in [-0.4, -0.2) is 47.9 Å². The van der Waals surface area contributed by atoms with Crippen LogP contribution in [0.25, 0.3) is 11.2 Å². The molecule has 2 heterocycles. The zero-order chi connectivity index (χ0) is 21.5. The molecule has 3 aromatic rings. The molecule has 0 fully saturated rings. The number of hydrogen-bond donors (Lipinski definition) is 3. The van der Waals surface area contributed by atoms with E-state index < -0.39 is 0 Å². The maximum absolute atomic E-state index is 5.38. The molecule has 154 valence electrons. The lowest BCUT2D eigenvalue weighted by molar-refractivity contribution is 0.324. The Bertz CT molecular complexity index is 1090. The van der Waals surface area contributed by atoms with Crippen LogP contribution in [0.1, 0.15) is 0 Å². The summed E-state index contributed by atoms with van der Waals surface area (Å²) in [5, 5.41) is 9.37. The summed E-state index contributed by atoms with van der Waals surface area (Å²) in [7, 11) is 4.66. The highest BCUT2D eigenvalue weighted by molar-refractivity contribution is 7.80. The minimum atomic E-state index is 0.322. The Labute approximate surface area is 179 Å². The molecule has 0 atom stereocenters. The third-order valence-electron chi connectivity index (χ3n) is 3.94. The lowest BCUT2D eigenvalue weighted by Crippen LogP contribution is -2.28. The lowest BCUT2D eigenvalue weighted by Gasteiger charge is -2.15. The van der Waals surface area contributed by atoms with E-state index in [2.05, 4.69) is 36.8 Å². The summed E-state index contributed by atoms with van der Waals surface area (Å²) in [6, 6.07) is 7.10. The first kappa shape index (κ1) is 20.9. The van der Waals surface area contributed by atoms with Gasteiger partial charge in [0.2, 0.25) is 5.75 Å². The number of nitrogens with zero attached hydrogens (tertiary/aromatic N) is 3. The van der Waals surface area contributed by atoms with Crippen LogP contribution in [0.4, 0.5) is 17.3 Å². The van der Waals surface area contributed by atoms with Crippen LogP contribution in [0.5, 0.6) is 17.2 Å².